The molecule has 0 aliphatic heterocycles. The molecule has 0 unspecified atom stereocenters. The van der Waals surface area contributed by atoms with E-state index in [9.17, 15) is 26.3 Å². The molecule has 1 aromatic rings. The van der Waals surface area contributed by atoms with Gasteiger partial charge in [0.05, 0.1) is 32.8 Å². The fraction of sp³-hybridized carbons (Fsp3) is 0.462. The van der Waals surface area contributed by atoms with Crippen molar-refractivity contribution >= 4 is 20.2 Å². The van der Waals surface area contributed by atoms with E-state index in [-0.39, 0.29) is 6.15 Å². The summed E-state index contributed by atoms with van der Waals surface area (Å²) in [4.78, 5) is 0. The Balaban J connectivity index is -0.000000378. The van der Waals surface area contributed by atoms with Crippen molar-refractivity contribution < 1.29 is 56.8 Å². The molecule has 0 radical (unpaired) electrons. The number of hydrogen-bond acceptors (Lipinski definition) is 7. The van der Waals surface area contributed by atoms with Crippen LogP contribution >= 0.6 is 0 Å². The van der Waals surface area contributed by atoms with Gasteiger partial charge >= 0.3 is 11.0 Å². The zero-order valence-electron chi connectivity index (χ0n) is 15.9. The SMILES string of the molecule is C[N+](C)(C)Cc1ccc(C#N)cc1.O=S(=O)([O-])C(F)(F)F.O=S(=O)([O-])C(F)(F)F.[NH4+]. The fourth-order valence-corrected chi connectivity index (χ4v) is 1.23. The first-order chi connectivity index (χ1) is 12.5. The van der Waals surface area contributed by atoms with Crippen LogP contribution in [0.2, 0.25) is 0 Å². The summed E-state index contributed by atoms with van der Waals surface area (Å²) in [6, 6.07) is 9.88. The van der Waals surface area contributed by atoms with Gasteiger partial charge in [-0.05, 0) is 12.1 Å². The Morgan fingerprint density at radius 1 is 0.867 bits per heavy atom. The summed E-state index contributed by atoms with van der Waals surface area (Å²) in [5.74, 6) is 0. The Bertz CT molecular complexity index is 857. The molecule has 9 nitrogen and oxygen atoms in total. The summed E-state index contributed by atoms with van der Waals surface area (Å²) in [5.41, 5.74) is -9.29. The van der Waals surface area contributed by atoms with Crippen LogP contribution in [-0.2, 0) is 26.8 Å². The first-order valence-electron chi connectivity index (χ1n) is 6.85. The number of quaternary nitrogens is 2. The highest BCUT2D eigenvalue weighted by Gasteiger charge is 2.37. The molecule has 0 saturated heterocycles. The molecule has 0 atom stereocenters. The number of alkyl halides is 6. The van der Waals surface area contributed by atoms with Gasteiger partial charge in [0.2, 0.25) is 0 Å². The van der Waals surface area contributed by atoms with Crippen LogP contribution in [0.3, 0.4) is 0 Å². The minimum Gasteiger partial charge on any atom is -0.741 e. The van der Waals surface area contributed by atoms with Gasteiger partial charge in [-0.3, -0.25) is 0 Å². The van der Waals surface area contributed by atoms with Gasteiger partial charge in [0.15, 0.2) is 20.2 Å². The smallest absolute Gasteiger partial charge is 0.485 e. The summed E-state index contributed by atoms with van der Waals surface area (Å²) in [7, 11) is -5.73. The van der Waals surface area contributed by atoms with Crippen molar-refractivity contribution in [1.82, 2.24) is 6.15 Å². The molecule has 30 heavy (non-hydrogen) atoms. The maximum Gasteiger partial charge on any atom is 0.485 e. The van der Waals surface area contributed by atoms with Gasteiger partial charge in [-0.2, -0.15) is 31.6 Å². The Kier molecular flexibility index (Phi) is 12.5. The van der Waals surface area contributed by atoms with Crippen LogP contribution < -0.4 is 6.15 Å². The maximum atomic E-state index is 10.7. The second-order valence-electron chi connectivity index (χ2n) is 6.06. The third-order valence-electron chi connectivity index (χ3n) is 2.31. The van der Waals surface area contributed by atoms with E-state index in [1.54, 1.807) is 0 Å². The minimum absolute atomic E-state index is 0. The van der Waals surface area contributed by atoms with E-state index < -0.39 is 31.3 Å². The summed E-state index contributed by atoms with van der Waals surface area (Å²) >= 11 is 0. The molecule has 4 N–H and O–H groups in total. The Hall–Kier alpha value is -1.97. The van der Waals surface area contributed by atoms with Crippen molar-refractivity contribution in [2.24, 2.45) is 0 Å². The molecule has 0 amide bonds. The average molecular weight is 491 g/mol. The van der Waals surface area contributed by atoms with Crippen LogP contribution in [0.5, 0.6) is 0 Å². The number of nitriles is 1. The van der Waals surface area contributed by atoms with E-state index in [0.717, 1.165) is 16.6 Å². The van der Waals surface area contributed by atoms with Gasteiger partial charge in [-0.1, -0.05) is 12.1 Å². The zero-order chi connectivity index (χ0) is 23.9. The van der Waals surface area contributed by atoms with Crippen molar-refractivity contribution in [3.63, 3.8) is 0 Å². The third-order valence-corrected chi connectivity index (χ3v) is 3.44. The lowest BCUT2D eigenvalue weighted by molar-refractivity contribution is -0.884. The van der Waals surface area contributed by atoms with Crippen LogP contribution in [0.1, 0.15) is 11.1 Å². The van der Waals surface area contributed by atoms with E-state index in [1.165, 1.54) is 5.56 Å². The van der Waals surface area contributed by atoms with Crippen molar-refractivity contribution in [1.29, 1.82) is 5.26 Å². The van der Waals surface area contributed by atoms with E-state index >= 15 is 0 Å². The average Bonchev–Trinajstić information content (AvgIpc) is 2.43. The van der Waals surface area contributed by atoms with Crippen LogP contribution in [0.25, 0.3) is 0 Å². The number of benzene rings is 1. The lowest BCUT2D eigenvalue weighted by Gasteiger charge is -2.23. The molecule has 0 bridgehead atoms. The highest BCUT2D eigenvalue weighted by molar-refractivity contribution is 7.86. The number of rotatable bonds is 2. The Labute approximate surface area is 169 Å². The predicted molar refractivity (Wildman–Crippen MR) is 90.4 cm³/mol. The first kappa shape index (κ1) is 32.7. The molecule has 1 aromatic carbocycles. The third kappa shape index (κ3) is 14.9. The monoisotopic (exact) mass is 491 g/mol. The number of halogens is 6. The fourth-order valence-electron chi connectivity index (χ4n) is 1.23. The maximum absolute atomic E-state index is 10.7. The predicted octanol–water partition coefficient (Wildman–Crippen LogP) is 2.24. The Morgan fingerprint density at radius 2 is 1.13 bits per heavy atom. The van der Waals surface area contributed by atoms with E-state index in [1.807, 2.05) is 24.3 Å². The second-order valence-corrected chi connectivity index (χ2v) is 8.80. The quantitative estimate of drug-likeness (QED) is 0.285. The molecule has 0 aliphatic rings. The molecular formula is C13H19F6N3O6S2. The largest absolute Gasteiger partial charge is 0.741 e. The molecular weight excluding hydrogens is 472 g/mol. The molecule has 0 aromatic heterocycles. The van der Waals surface area contributed by atoms with Crippen LogP contribution in [0.15, 0.2) is 24.3 Å². The summed E-state index contributed by atoms with van der Waals surface area (Å²) in [6.45, 7) is 0.992. The van der Waals surface area contributed by atoms with Crippen LogP contribution in [0, 0.1) is 11.3 Å². The normalized spacial score (nSPS) is 12.2. The van der Waals surface area contributed by atoms with Gasteiger partial charge < -0.3 is 19.7 Å². The lowest BCUT2D eigenvalue weighted by Crippen LogP contribution is -2.33. The van der Waals surface area contributed by atoms with E-state index in [4.69, 9.17) is 31.2 Å². The molecule has 0 spiro atoms. The standard InChI is InChI=1S/C11H15N2.2CHF3O3S.H3N/c1-13(2,3)9-11-6-4-10(8-12)5-7-11;2*2-1(3,4)8(5,6)7;/h4-7H,9H2,1-3H3;2*(H,5,6,7);1H3/q+1;;;/p-1. The molecule has 0 aliphatic carbocycles. The van der Waals surface area contributed by atoms with E-state index in [0.29, 0.717) is 0 Å². The molecule has 1 rings (SSSR count). The molecule has 176 valence electrons. The van der Waals surface area contributed by atoms with Crippen molar-refractivity contribution in [2.75, 3.05) is 21.1 Å². The van der Waals surface area contributed by atoms with Gasteiger partial charge in [0, 0.05) is 5.56 Å². The van der Waals surface area contributed by atoms with Crippen molar-refractivity contribution in [3.05, 3.63) is 35.4 Å². The minimum atomic E-state index is -6.09. The Morgan fingerprint density at radius 3 is 1.30 bits per heavy atom. The molecule has 0 heterocycles. The highest BCUT2D eigenvalue weighted by atomic mass is 32.2. The highest BCUT2D eigenvalue weighted by Crippen LogP contribution is 2.21. The van der Waals surface area contributed by atoms with Gasteiger partial charge in [-0.25, -0.2) is 16.8 Å². The van der Waals surface area contributed by atoms with Gasteiger partial charge in [-0.15, -0.1) is 0 Å². The van der Waals surface area contributed by atoms with Crippen molar-refractivity contribution in [3.8, 4) is 6.07 Å². The van der Waals surface area contributed by atoms with Crippen LogP contribution in [-0.4, -0.2) is 62.6 Å². The van der Waals surface area contributed by atoms with Gasteiger partial charge in [0.25, 0.3) is 0 Å². The summed E-state index contributed by atoms with van der Waals surface area (Å²) in [5, 5.41) is 8.61. The second kappa shape index (κ2) is 11.4. The summed E-state index contributed by atoms with van der Waals surface area (Å²) in [6.07, 6.45) is 0. The van der Waals surface area contributed by atoms with E-state index in [2.05, 4.69) is 27.2 Å². The number of hydrogen-bond donors (Lipinski definition) is 1. The topological polar surface area (TPSA) is 175 Å². The molecule has 0 saturated carbocycles. The lowest BCUT2D eigenvalue weighted by atomic mass is 10.1. The van der Waals surface area contributed by atoms with Crippen LogP contribution in [0.4, 0.5) is 26.3 Å². The first-order valence-corrected chi connectivity index (χ1v) is 9.67. The molecule has 17 heteroatoms. The molecule has 0 fully saturated rings. The zero-order valence-corrected chi connectivity index (χ0v) is 17.6. The van der Waals surface area contributed by atoms with Crippen molar-refractivity contribution in [2.45, 2.75) is 17.6 Å². The van der Waals surface area contributed by atoms with Gasteiger partial charge in [0.1, 0.15) is 6.54 Å². The number of nitrogens with zero attached hydrogens (tertiary/aromatic N) is 2. The summed E-state index contributed by atoms with van der Waals surface area (Å²) < 4.78 is 119.